The number of imidazole rings is 1. The lowest BCUT2D eigenvalue weighted by Crippen LogP contribution is -2.32. The summed E-state index contributed by atoms with van der Waals surface area (Å²) in [6.45, 7) is -0.469. The van der Waals surface area contributed by atoms with Crippen molar-refractivity contribution in [3.8, 4) is 0 Å². The van der Waals surface area contributed by atoms with Crippen LogP contribution in [0.3, 0.4) is 0 Å². The van der Waals surface area contributed by atoms with Crippen LogP contribution in [-0.4, -0.2) is 47.6 Å². The van der Waals surface area contributed by atoms with Crippen molar-refractivity contribution < 1.29 is 10.2 Å². The molecule has 0 bridgehead atoms. The fourth-order valence-electron chi connectivity index (χ4n) is 1.32. The summed E-state index contributed by atoms with van der Waals surface area (Å²) in [6.07, 6.45) is -1.04. The molecule has 2 heterocycles. The summed E-state index contributed by atoms with van der Waals surface area (Å²) in [5, 5.41) is 17.8. The molecule has 5 N–H and O–H groups in total. The van der Waals surface area contributed by atoms with E-state index in [4.69, 9.17) is 10.2 Å². The van der Waals surface area contributed by atoms with Crippen molar-refractivity contribution in [3.63, 3.8) is 0 Å². The van der Waals surface area contributed by atoms with Crippen LogP contribution in [0.15, 0.2) is 14.4 Å². The first-order chi connectivity index (χ1) is 8.52. The van der Waals surface area contributed by atoms with Crippen LogP contribution in [0.4, 0.5) is 0 Å². The van der Waals surface area contributed by atoms with Gasteiger partial charge in [0.2, 0.25) is 0 Å². The molecule has 2 aromatic heterocycles. The van der Waals surface area contributed by atoms with E-state index >= 15 is 0 Å². The molecule has 0 saturated heterocycles. The maximum Gasteiger partial charge on any atom is 0.340 e. The molecule has 0 fully saturated rings. The van der Waals surface area contributed by atoms with E-state index in [1.807, 2.05) is 0 Å². The SMILES string of the molecule is O=c1[nH]c2[nH]c(=O)n(SCC(O)CO)c(=O)c2[nH]1. The molecule has 2 aromatic rings. The Bertz CT molecular complexity index is 725. The lowest BCUT2D eigenvalue weighted by Gasteiger charge is -2.06. The molecule has 0 aromatic carbocycles. The Labute approximate surface area is 103 Å². The minimum atomic E-state index is -1.04. The normalized spacial score (nSPS) is 13.0. The van der Waals surface area contributed by atoms with Gasteiger partial charge in [0.1, 0.15) is 5.65 Å². The highest BCUT2D eigenvalue weighted by Gasteiger charge is 2.12. The number of nitrogens with one attached hydrogen (secondary N) is 3. The van der Waals surface area contributed by atoms with Crippen LogP contribution in [0.1, 0.15) is 0 Å². The number of H-pyrrole nitrogens is 3. The van der Waals surface area contributed by atoms with Gasteiger partial charge in [0, 0.05) is 5.75 Å². The molecule has 10 heteroatoms. The topological polar surface area (TPSA) is 144 Å². The third-order valence-corrected chi connectivity index (χ3v) is 3.27. The van der Waals surface area contributed by atoms with Crippen molar-refractivity contribution >= 4 is 23.1 Å². The van der Waals surface area contributed by atoms with Crippen molar-refractivity contribution in [2.75, 3.05) is 12.4 Å². The third-order valence-electron chi connectivity index (χ3n) is 2.15. The van der Waals surface area contributed by atoms with Gasteiger partial charge in [-0.2, -0.15) is 3.97 Å². The molecule has 1 atom stereocenters. The summed E-state index contributed by atoms with van der Waals surface area (Å²) < 4.78 is 0.769. The summed E-state index contributed by atoms with van der Waals surface area (Å²) in [4.78, 5) is 41.3. The molecule has 0 aliphatic heterocycles. The number of aliphatic hydroxyl groups is 2. The Morgan fingerprint density at radius 1 is 1.22 bits per heavy atom. The molecule has 0 aliphatic carbocycles. The van der Waals surface area contributed by atoms with Crippen molar-refractivity contribution in [1.82, 2.24) is 18.9 Å². The van der Waals surface area contributed by atoms with E-state index in [1.54, 1.807) is 0 Å². The molecule has 1 unspecified atom stereocenters. The van der Waals surface area contributed by atoms with Crippen LogP contribution in [0.5, 0.6) is 0 Å². The van der Waals surface area contributed by atoms with E-state index < -0.39 is 29.6 Å². The molecule has 18 heavy (non-hydrogen) atoms. The highest BCUT2D eigenvalue weighted by Crippen LogP contribution is 2.03. The summed E-state index contributed by atoms with van der Waals surface area (Å²) in [5.74, 6) is -0.0281. The van der Waals surface area contributed by atoms with Gasteiger partial charge in [0.05, 0.1) is 12.7 Å². The zero-order valence-electron chi connectivity index (χ0n) is 8.97. The van der Waals surface area contributed by atoms with E-state index in [-0.39, 0.29) is 16.9 Å². The highest BCUT2D eigenvalue weighted by molar-refractivity contribution is 7.97. The number of aromatic nitrogens is 4. The van der Waals surface area contributed by atoms with E-state index in [0.717, 1.165) is 15.9 Å². The van der Waals surface area contributed by atoms with Gasteiger partial charge >= 0.3 is 11.4 Å². The lowest BCUT2D eigenvalue weighted by atomic mass is 10.4. The summed E-state index contributed by atoms with van der Waals surface area (Å²) in [5.41, 5.74) is -2.05. The van der Waals surface area contributed by atoms with Gasteiger partial charge in [0.15, 0.2) is 5.52 Å². The molecule has 0 radical (unpaired) electrons. The number of nitrogens with zero attached hydrogens (tertiary/aromatic N) is 1. The van der Waals surface area contributed by atoms with Crippen molar-refractivity contribution in [1.29, 1.82) is 0 Å². The molecule has 0 spiro atoms. The second kappa shape index (κ2) is 4.84. The Balaban J connectivity index is 2.47. The van der Waals surface area contributed by atoms with Crippen molar-refractivity contribution in [2.24, 2.45) is 0 Å². The van der Waals surface area contributed by atoms with Crippen LogP contribution in [0.25, 0.3) is 11.2 Å². The zero-order chi connectivity index (χ0) is 13.3. The Morgan fingerprint density at radius 3 is 2.61 bits per heavy atom. The van der Waals surface area contributed by atoms with E-state index in [1.165, 1.54) is 0 Å². The monoisotopic (exact) mass is 274 g/mol. The van der Waals surface area contributed by atoms with Crippen LogP contribution in [-0.2, 0) is 0 Å². The predicted octanol–water partition coefficient (Wildman–Crippen LogP) is -2.44. The van der Waals surface area contributed by atoms with E-state index in [2.05, 4.69) is 15.0 Å². The molecule has 98 valence electrons. The van der Waals surface area contributed by atoms with Gasteiger partial charge in [-0.25, -0.2) is 9.59 Å². The summed E-state index contributed by atoms with van der Waals surface area (Å²) >= 11 is 0.745. The van der Waals surface area contributed by atoms with Gasteiger partial charge in [-0.1, -0.05) is 0 Å². The van der Waals surface area contributed by atoms with Crippen LogP contribution in [0, 0.1) is 0 Å². The Morgan fingerprint density at radius 2 is 1.94 bits per heavy atom. The quantitative estimate of drug-likeness (QED) is 0.419. The maximum atomic E-state index is 11.9. The molecule has 2 rings (SSSR count). The number of aliphatic hydroxyl groups excluding tert-OH is 2. The standard InChI is InChI=1S/C8H10N4O5S/c13-1-3(14)2-18-12-6(15)4-5(11-8(12)17)10-7(16)9-4/h3,13-14H,1-2H2,(H,11,17)(H2,9,10,16). The van der Waals surface area contributed by atoms with Crippen molar-refractivity contribution in [3.05, 3.63) is 31.3 Å². The minimum Gasteiger partial charge on any atom is -0.394 e. The fraction of sp³-hybridized carbons (Fsp3) is 0.375. The number of fused-ring (bicyclic) bond motifs is 1. The van der Waals surface area contributed by atoms with Crippen LogP contribution in [0.2, 0.25) is 0 Å². The van der Waals surface area contributed by atoms with Crippen molar-refractivity contribution in [2.45, 2.75) is 6.10 Å². The lowest BCUT2D eigenvalue weighted by molar-refractivity contribution is 0.113. The smallest absolute Gasteiger partial charge is 0.340 e. The van der Waals surface area contributed by atoms with Gasteiger partial charge in [-0.05, 0) is 11.9 Å². The van der Waals surface area contributed by atoms with Gasteiger partial charge in [-0.3, -0.25) is 19.7 Å². The molecular weight excluding hydrogens is 264 g/mol. The third kappa shape index (κ3) is 2.25. The minimum absolute atomic E-state index is 0.0227. The summed E-state index contributed by atoms with van der Waals surface area (Å²) in [7, 11) is 0. The van der Waals surface area contributed by atoms with Gasteiger partial charge in [0.25, 0.3) is 5.56 Å². The first-order valence-electron chi connectivity index (χ1n) is 4.92. The Hall–Kier alpha value is -1.78. The van der Waals surface area contributed by atoms with E-state index in [0.29, 0.717) is 0 Å². The van der Waals surface area contributed by atoms with Gasteiger partial charge < -0.3 is 10.2 Å². The zero-order valence-corrected chi connectivity index (χ0v) is 9.78. The number of aromatic amines is 3. The Kier molecular flexibility index (Phi) is 3.41. The average Bonchev–Trinajstić information content (AvgIpc) is 2.69. The largest absolute Gasteiger partial charge is 0.394 e. The highest BCUT2D eigenvalue weighted by atomic mass is 32.2. The number of hydrogen-bond donors (Lipinski definition) is 5. The van der Waals surface area contributed by atoms with Crippen LogP contribution < -0.4 is 16.9 Å². The average molecular weight is 274 g/mol. The molecule has 0 aliphatic rings. The summed E-state index contributed by atoms with van der Waals surface area (Å²) in [6, 6.07) is 0. The molecule has 0 saturated carbocycles. The first kappa shape index (κ1) is 12.7. The van der Waals surface area contributed by atoms with Gasteiger partial charge in [-0.15, -0.1) is 0 Å². The number of rotatable bonds is 4. The molecular formula is C8H10N4O5S. The maximum absolute atomic E-state index is 11.9. The second-order valence-corrected chi connectivity index (χ2v) is 4.45. The first-order valence-corrected chi connectivity index (χ1v) is 5.86. The second-order valence-electron chi connectivity index (χ2n) is 3.49. The molecule has 0 amide bonds. The van der Waals surface area contributed by atoms with E-state index in [9.17, 15) is 14.4 Å². The fourth-order valence-corrected chi connectivity index (χ4v) is 2.12. The molecule has 9 nitrogen and oxygen atoms in total. The number of hydrogen-bond acceptors (Lipinski definition) is 6. The van der Waals surface area contributed by atoms with Crippen LogP contribution >= 0.6 is 11.9 Å². The predicted molar refractivity (Wildman–Crippen MR) is 64.7 cm³/mol.